The summed E-state index contributed by atoms with van der Waals surface area (Å²) >= 11 is 0. The van der Waals surface area contributed by atoms with Crippen molar-refractivity contribution in [3.63, 3.8) is 0 Å². The van der Waals surface area contributed by atoms with Crippen LogP contribution < -0.4 is 10.1 Å². The van der Waals surface area contributed by atoms with E-state index in [2.05, 4.69) is 20.0 Å². The number of H-pyrrole nitrogens is 1. The molecule has 6 nitrogen and oxygen atoms in total. The van der Waals surface area contributed by atoms with Crippen LogP contribution in [0.1, 0.15) is 21.7 Å². The van der Waals surface area contributed by atoms with Crippen LogP contribution in [-0.4, -0.2) is 42.2 Å². The maximum atomic E-state index is 14.1. The molecule has 1 fully saturated rings. The number of esters is 1. The summed E-state index contributed by atoms with van der Waals surface area (Å²) in [7, 11) is 1.31. The highest BCUT2D eigenvalue weighted by Crippen LogP contribution is 2.18. The van der Waals surface area contributed by atoms with Gasteiger partial charge in [0.15, 0.2) is 0 Å². The molecule has 0 amide bonds. The lowest BCUT2D eigenvalue weighted by atomic mass is 10.2. The molecule has 3 heterocycles. The maximum Gasteiger partial charge on any atom is 0.339 e. The summed E-state index contributed by atoms with van der Waals surface area (Å²) in [6, 6.07) is 2.96. The van der Waals surface area contributed by atoms with E-state index in [1.807, 2.05) is 0 Å². The van der Waals surface area contributed by atoms with Crippen LogP contribution in [0.25, 0.3) is 0 Å². The van der Waals surface area contributed by atoms with Crippen LogP contribution in [0.2, 0.25) is 0 Å². The Bertz CT molecular complexity index is 682. The van der Waals surface area contributed by atoms with Crippen LogP contribution in [0.4, 0.5) is 4.39 Å². The number of hydrogen-bond donors (Lipinski definition) is 2. The van der Waals surface area contributed by atoms with Crippen LogP contribution in [0.15, 0.2) is 24.5 Å². The van der Waals surface area contributed by atoms with Crippen molar-refractivity contribution in [2.45, 2.75) is 12.5 Å². The van der Waals surface area contributed by atoms with Crippen LogP contribution in [0.5, 0.6) is 5.75 Å². The van der Waals surface area contributed by atoms with Crippen LogP contribution in [-0.2, 0) is 11.2 Å². The predicted octanol–water partition coefficient (Wildman–Crippen LogP) is 1.28. The Morgan fingerprint density at radius 3 is 2.91 bits per heavy atom. The number of halogens is 1. The molecule has 0 bridgehead atoms. The largest absolute Gasteiger partial charge is 0.486 e. The Balaban J connectivity index is 1.69. The van der Waals surface area contributed by atoms with E-state index in [0.29, 0.717) is 17.0 Å². The van der Waals surface area contributed by atoms with Crippen LogP contribution >= 0.6 is 0 Å². The van der Waals surface area contributed by atoms with E-state index >= 15 is 0 Å². The van der Waals surface area contributed by atoms with Gasteiger partial charge in [-0.1, -0.05) is 0 Å². The Hall–Kier alpha value is -2.41. The average Bonchev–Trinajstić information content (AvgIpc) is 2.93. The highest BCUT2D eigenvalue weighted by Gasteiger charge is 2.19. The SMILES string of the molecule is COC(=O)c1c[nH]c(Cc2ncc(OC3CNC3)cc2F)c1. The minimum Gasteiger partial charge on any atom is -0.486 e. The number of hydrogen-bond acceptors (Lipinski definition) is 5. The number of aromatic nitrogens is 2. The van der Waals surface area contributed by atoms with Crippen molar-refractivity contribution in [1.29, 1.82) is 0 Å². The molecule has 3 rings (SSSR count). The Kier molecular flexibility index (Phi) is 4.06. The van der Waals surface area contributed by atoms with Crippen LogP contribution in [0.3, 0.4) is 0 Å². The van der Waals surface area contributed by atoms with E-state index in [0.717, 1.165) is 13.1 Å². The van der Waals surface area contributed by atoms with Crippen molar-refractivity contribution in [2.24, 2.45) is 0 Å². The van der Waals surface area contributed by atoms with E-state index in [4.69, 9.17) is 4.74 Å². The first-order valence-electron chi connectivity index (χ1n) is 6.93. The van der Waals surface area contributed by atoms with Crippen molar-refractivity contribution in [2.75, 3.05) is 20.2 Å². The van der Waals surface area contributed by atoms with E-state index in [1.54, 1.807) is 6.07 Å². The first-order chi connectivity index (χ1) is 10.7. The molecule has 1 aliphatic rings. The number of nitrogens with zero attached hydrogens (tertiary/aromatic N) is 1. The standard InChI is InChI=1S/C15H16FN3O3/c1-21-15(20)9-2-10(18-5-9)3-14-13(16)4-11(8-19-14)22-12-6-17-7-12/h2,4-5,8,12,17-18H,3,6-7H2,1H3. The monoisotopic (exact) mass is 305 g/mol. The third-order valence-corrected chi connectivity index (χ3v) is 3.46. The minimum atomic E-state index is -0.436. The molecule has 2 aromatic heterocycles. The lowest BCUT2D eigenvalue weighted by Crippen LogP contribution is -2.50. The Morgan fingerprint density at radius 2 is 2.27 bits per heavy atom. The quantitative estimate of drug-likeness (QED) is 0.814. The third kappa shape index (κ3) is 3.09. The predicted molar refractivity (Wildman–Crippen MR) is 76.4 cm³/mol. The summed E-state index contributed by atoms with van der Waals surface area (Å²) < 4.78 is 24.3. The third-order valence-electron chi connectivity index (χ3n) is 3.46. The van der Waals surface area contributed by atoms with Gasteiger partial charge in [-0.2, -0.15) is 0 Å². The molecular formula is C15H16FN3O3. The van der Waals surface area contributed by atoms with E-state index in [1.165, 1.54) is 25.6 Å². The van der Waals surface area contributed by atoms with Gasteiger partial charge >= 0.3 is 5.97 Å². The number of carbonyl (C=O) groups is 1. The smallest absolute Gasteiger partial charge is 0.339 e. The molecule has 0 unspecified atom stereocenters. The number of carbonyl (C=O) groups excluding carboxylic acids is 1. The zero-order valence-electron chi connectivity index (χ0n) is 12.1. The summed E-state index contributed by atoms with van der Waals surface area (Å²) in [5.74, 6) is -0.442. The lowest BCUT2D eigenvalue weighted by molar-refractivity contribution is 0.0601. The molecule has 2 N–H and O–H groups in total. The number of rotatable bonds is 5. The molecule has 22 heavy (non-hydrogen) atoms. The molecule has 116 valence electrons. The highest BCUT2D eigenvalue weighted by atomic mass is 19.1. The molecule has 0 saturated carbocycles. The van der Waals surface area contributed by atoms with Gasteiger partial charge in [-0.15, -0.1) is 0 Å². The van der Waals surface area contributed by atoms with Gasteiger partial charge in [0.05, 0.1) is 24.6 Å². The van der Waals surface area contributed by atoms with Crippen molar-refractivity contribution in [3.8, 4) is 5.75 Å². The molecule has 0 atom stereocenters. The maximum absolute atomic E-state index is 14.1. The highest BCUT2D eigenvalue weighted by molar-refractivity contribution is 5.89. The molecule has 0 radical (unpaired) electrons. The van der Waals surface area contributed by atoms with Gasteiger partial charge in [0.25, 0.3) is 0 Å². The number of methoxy groups -OCH3 is 1. The molecular weight excluding hydrogens is 289 g/mol. The topological polar surface area (TPSA) is 76.2 Å². The summed E-state index contributed by atoms with van der Waals surface area (Å²) in [4.78, 5) is 18.4. The fourth-order valence-corrected chi connectivity index (χ4v) is 2.14. The minimum absolute atomic E-state index is 0.0815. The first-order valence-corrected chi connectivity index (χ1v) is 6.93. The van der Waals surface area contributed by atoms with Crippen molar-refractivity contribution >= 4 is 5.97 Å². The second kappa shape index (κ2) is 6.15. The molecule has 2 aromatic rings. The molecule has 1 saturated heterocycles. The van der Waals surface area contributed by atoms with Crippen molar-refractivity contribution < 1.29 is 18.7 Å². The number of nitrogens with one attached hydrogen (secondary N) is 2. The summed E-state index contributed by atoms with van der Waals surface area (Å²) in [6.45, 7) is 1.53. The normalized spacial score (nSPS) is 14.5. The van der Waals surface area contributed by atoms with Gasteiger partial charge in [0.2, 0.25) is 0 Å². The van der Waals surface area contributed by atoms with Gasteiger partial charge in [-0.25, -0.2) is 9.18 Å². The second-order valence-electron chi connectivity index (χ2n) is 5.08. The van der Waals surface area contributed by atoms with E-state index in [9.17, 15) is 9.18 Å². The first kappa shape index (κ1) is 14.5. The molecule has 0 aromatic carbocycles. The molecule has 0 spiro atoms. The second-order valence-corrected chi connectivity index (χ2v) is 5.08. The van der Waals surface area contributed by atoms with Gasteiger partial charge in [0, 0.05) is 37.5 Å². The van der Waals surface area contributed by atoms with Gasteiger partial charge < -0.3 is 19.8 Å². The van der Waals surface area contributed by atoms with Gasteiger partial charge in [-0.3, -0.25) is 4.98 Å². The number of pyridine rings is 1. The van der Waals surface area contributed by atoms with Crippen molar-refractivity contribution in [1.82, 2.24) is 15.3 Å². The molecule has 0 aliphatic carbocycles. The van der Waals surface area contributed by atoms with Gasteiger partial charge in [-0.05, 0) is 6.07 Å². The summed E-state index contributed by atoms with van der Waals surface area (Å²) in [6.07, 6.45) is 3.38. The number of ether oxygens (including phenoxy) is 2. The van der Waals surface area contributed by atoms with Crippen molar-refractivity contribution in [3.05, 3.63) is 47.3 Å². The molecule has 7 heteroatoms. The Labute approximate surface area is 126 Å². The van der Waals surface area contributed by atoms with Gasteiger partial charge in [0.1, 0.15) is 17.7 Å². The van der Waals surface area contributed by atoms with E-state index < -0.39 is 11.8 Å². The molecule has 1 aliphatic heterocycles. The average molecular weight is 305 g/mol. The van der Waals surface area contributed by atoms with Crippen LogP contribution in [0, 0.1) is 5.82 Å². The summed E-state index contributed by atoms with van der Waals surface area (Å²) in [5, 5.41) is 3.08. The lowest BCUT2D eigenvalue weighted by Gasteiger charge is -2.27. The fraction of sp³-hybridized carbons (Fsp3) is 0.333. The Morgan fingerprint density at radius 1 is 1.45 bits per heavy atom. The number of aromatic amines is 1. The zero-order valence-corrected chi connectivity index (χ0v) is 12.1. The summed E-state index contributed by atoms with van der Waals surface area (Å²) in [5.41, 5.74) is 1.37. The van der Waals surface area contributed by atoms with E-state index in [-0.39, 0.29) is 18.2 Å². The zero-order chi connectivity index (χ0) is 15.5. The fourth-order valence-electron chi connectivity index (χ4n) is 2.14.